The Labute approximate surface area is 154 Å². The maximum Gasteiger partial charge on any atom is 0.299 e. The number of ketones is 1. The summed E-state index contributed by atoms with van der Waals surface area (Å²) in [5.74, 6) is -1.31. The molecule has 130 valence electrons. The average molecular weight is 464 g/mol. The molecule has 3 rings (SSSR count). The predicted molar refractivity (Wildman–Crippen MR) is 95.7 cm³/mol. The van der Waals surface area contributed by atoms with Gasteiger partial charge in [-0.3, -0.25) is 9.59 Å². The van der Waals surface area contributed by atoms with Crippen molar-refractivity contribution in [2.24, 2.45) is 0 Å². The topological polar surface area (TPSA) is 84.0 Å². The lowest BCUT2D eigenvalue weighted by Crippen LogP contribution is -2.38. The van der Waals surface area contributed by atoms with Gasteiger partial charge >= 0.3 is 0 Å². The van der Waals surface area contributed by atoms with Gasteiger partial charge in [0.05, 0.1) is 22.8 Å². The van der Waals surface area contributed by atoms with Crippen molar-refractivity contribution in [1.29, 1.82) is 0 Å². The molecule has 24 heavy (non-hydrogen) atoms. The van der Waals surface area contributed by atoms with Crippen LogP contribution in [0.4, 0.5) is 5.69 Å². The number of rotatable bonds is 4. The summed E-state index contributed by atoms with van der Waals surface area (Å²) >= 11 is 1.96. The molecule has 0 aromatic heterocycles. The summed E-state index contributed by atoms with van der Waals surface area (Å²) in [5, 5.41) is 0. The van der Waals surface area contributed by atoms with Crippen molar-refractivity contribution in [3.63, 3.8) is 0 Å². The van der Waals surface area contributed by atoms with Crippen LogP contribution in [0.1, 0.15) is 23.2 Å². The Morgan fingerprint density at radius 2 is 2.04 bits per heavy atom. The molecule has 1 fully saturated rings. The number of likely N-dealkylation sites (N-methyl/N-ethyl adjacent to an activating group) is 1. The van der Waals surface area contributed by atoms with Crippen LogP contribution in [0.15, 0.2) is 17.0 Å². The number of hydrogen-bond donors (Lipinski definition) is 0. The number of sulfonamides is 1. The first-order valence-electron chi connectivity index (χ1n) is 7.45. The number of anilines is 1. The van der Waals surface area contributed by atoms with Gasteiger partial charge in [-0.25, -0.2) is 8.42 Å². The van der Waals surface area contributed by atoms with Crippen molar-refractivity contribution >= 4 is 50.0 Å². The van der Waals surface area contributed by atoms with E-state index in [1.54, 1.807) is 7.11 Å². The number of carbonyl (C=O) groups excluding carboxylic acids is 2. The van der Waals surface area contributed by atoms with E-state index in [1.807, 2.05) is 22.6 Å². The van der Waals surface area contributed by atoms with Gasteiger partial charge in [0.25, 0.3) is 11.7 Å². The Kier molecular flexibility index (Phi) is 4.71. The molecule has 0 N–H and O–H groups in total. The SMILES string of the molecule is COC[C@@H]1CCCN1S(=O)(=O)c1cc(I)c2c(c1)C(=O)C(=O)N2C. The number of methoxy groups -OCH3 is 1. The Bertz CT molecular complexity index is 823. The molecule has 1 aromatic rings. The standard InChI is InChI=1S/C15H17IN2O5S/c1-17-13-11(14(19)15(17)20)6-10(7-12(13)16)24(21,22)18-5-3-4-9(18)8-23-2/h6-7,9H,3-5,8H2,1-2H3/t9-/m0/s1. The van der Waals surface area contributed by atoms with Gasteiger partial charge in [-0.05, 0) is 47.6 Å². The summed E-state index contributed by atoms with van der Waals surface area (Å²) < 4.78 is 33.1. The van der Waals surface area contributed by atoms with Crippen LogP contribution in [0.25, 0.3) is 0 Å². The second-order valence-electron chi connectivity index (χ2n) is 5.86. The molecular formula is C15H17IN2O5S. The molecule has 1 aromatic carbocycles. The minimum absolute atomic E-state index is 0.0464. The number of nitrogens with zero attached hydrogens (tertiary/aromatic N) is 2. The third kappa shape index (κ3) is 2.67. The summed E-state index contributed by atoms with van der Waals surface area (Å²) in [5.41, 5.74) is 0.620. The molecular weight excluding hydrogens is 447 g/mol. The third-order valence-corrected chi connectivity index (χ3v) is 7.16. The van der Waals surface area contributed by atoms with E-state index in [-0.39, 0.29) is 16.5 Å². The molecule has 9 heteroatoms. The van der Waals surface area contributed by atoms with Crippen molar-refractivity contribution in [2.75, 3.05) is 32.2 Å². The highest BCUT2D eigenvalue weighted by atomic mass is 127. The fraction of sp³-hybridized carbons (Fsp3) is 0.467. The van der Waals surface area contributed by atoms with E-state index >= 15 is 0 Å². The predicted octanol–water partition coefficient (Wildman–Crippen LogP) is 1.25. The number of hydrogen-bond acceptors (Lipinski definition) is 5. The van der Waals surface area contributed by atoms with Gasteiger partial charge in [0.15, 0.2) is 0 Å². The van der Waals surface area contributed by atoms with Gasteiger partial charge in [0.1, 0.15) is 0 Å². The van der Waals surface area contributed by atoms with Crippen LogP contribution in [0.5, 0.6) is 0 Å². The second kappa shape index (κ2) is 6.36. The summed E-state index contributed by atoms with van der Waals surface area (Å²) in [6.45, 7) is 0.762. The van der Waals surface area contributed by atoms with Gasteiger partial charge < -0.3 is 9.64 Å². The zero-order valence-corrected chi connectivity index (χ0v) is 16.3. The molecule has 2 aliphatic rings. The second-order valence-corrected chi connectivity index (χ2v) is 8.91. The maximum absolute atomic E-state index is 13.0. The molecule has 7 nitrogen and oxygen atoms in total. The van der Waals surface area contributed by atoms with E-state index in [0.717, 1.165) is 12.8 Å². The minimum Gasteiger partial charge on any atom is -0.383 e. The minimum atomic E-state index is -3.75. The highest BCUT2D eigenvalue weighted by molar-refractivity contribution is 14.1. The summed E-state index contributed by atoms with van der Waals surface area (Å²) in [6.07, 6.45) is 1.52. The van der Waals surface area contributed by atoms with Gasteiger partial charge in [0, 0.05) is 30.3 Å². The monoisotopic (exact) mass is 464 g/mol. The van der Waals surface area contributed by atoms with Crippen molar-refractivity contribution in [1.82, 2.24) is 4.31 Å². The van der Waals surface area contributed by atoms with Gasteiger partial charge in [-0.2, -0.15) is 4.31 Å². The maximum atomic E-state index is 13.0. The number of amides is 1. The normalized spacial score (nSPS) is 21.6. The zero-order chi connectivity index (χ0) is 17.6. The smallest absolute Gasteiger partial charge is 0.299 e. The first kappa shape index (κ1) is 17.8. The first-order chi connectivity index (χ1) is 11.3. The lowest BCUT2D eigenvalue weighted by molar-refractivity contribution is -0.114. The number of carbonyl (C=O) groups is 2. The fourth-order valence-corrected chi connectivity index (χ4v) is 6.16. The molecule has 2 heterocycles. The number of Topliss-reactive ketones (excluding diaryl/α,β-unsaturated/α-hetero) is 1. The van der Waals surface area contributed by atoms with Gasteiger partial charge in [-0.15, -0.1) is 0 Å². The molecule has 1 saturated heterocycles. The molecule has 0 saturated carbocycles. The largest absolute Gasteiger partial charge is 0.383 e. The van der Waals surface area contributed by atoms with Gasteiger partial charge in [-0.1, -0.05) is 0 Å². The van der Waals surface area contributed by atoms with Crippen molar-refractivity contribution < 1.29 is 22.7 Å². The lowest BCUT2D eigenvalue weighted by atomic mass is 10.1. The van der Waals surface area contributed by atoms with Gasteiger partial charge in [0.2, 0.25) is 10.0 Å². The quantitative estimate of drug-likeness (QED) is 0.495. The van der Waals surface area contributed by atoms with Crippen LogP contribution in [0, 0.1) is 3.57 Å². The van der Waals surface area contributed by atoms with E-state index in [9.17, 15) is 18.0 Å². The molecule has 0 aliphatic carbocycles. The summed E-state index contributed by atoms with van der Waals surface area (Å²) in [7, 11) is -0.691. The van der Waals surface area contributed by atoms with Crippen molar-refractivity contribution in [3.05, 3.63) is 21.3 Å². The molecule has 0 radical (unpaired) electrons. The molecule has 0 bridgehead atoms. The van der Waals surface area contributed by atoms with E-state index in [0.29, 0.717) is 22.4 Å². The highest BCUT2D eigenvalue weighted by Crippen LogP contribution is 2.36. The van der Waals surface area contributed by atoms with Crippen LogP contribution >= 0.6 is 22.6 Å². The van der Waals surface area contributed by atoms with Crippen molar-refractivity contribution in [2.45, 2.75) is 23.8 Å². The van der Waals surface area contributed by atoms with E-state index in [1.165, 1.54) is 28.4 Å². The summed E-state index contributed by atoms with van der Waals surface area (Å²) in [6, 6.07) is 2.63. The van der Waals surface area contributed by atoms with Crippen molar-refractivity contribution in [3.8, 4) is 0 Å². The van der Waals surface area contributed by atoms with Crippen LogP contribution in [0.3, 0.4) is 0 Å². The number of ether oxygens (including phenoxy) is 1. The molecule has 1 amide bonds. The summed E-state index contributed by atoms with van der Waals surface area (Å²) in [4.78, 5) is 25.3. The number of fused-ring (bicyclic) bond motifs is 1. The molecule has 0 spiro atoms. The Hall–Kier alpha value is -1.04. The van der Waals surface area contributed by atoms with Crippen LogP contribution in [-0.2, 0) is 19.6 Å². The Balaban J connectivity index is 2.06. The zero-order valence-electron chi connectivity index (χ0n) is 13.3. The van der Waals surface area contributed by atoms with Crippen LogP contribution < -0.4 is 4.90 Å². The average Bonchev–Trinajstić information content (AvgIpc) is 3.08. The lowest BCUT2D eigenvalue weighted by Gasteiger charge is -2.24. The molecule has 2 aliphatic heterocycles. The molecule has 0 unspecified atom stereocenters. The highest BCUT2D eigenvalue weighted by Gasteiger charge is 2.39. The fourth-order valence-electron chi connectivity index (χ4n) is 3.23. The van der Waals surface area contributed by atoms with Crippen LogP contribution in [0.2, 0.25) is 0 Å². The Morgan fingerprint density at radius 3 is 2.71 bits per heavy atom. The van der Waals surface area contributed by atoms with E-state index in [4.69, 9.17) is 4.74 Å². The number of benzene rings is 1. The third-order valence-electron chi connectivity index (χ3n) is 4.40. The number of halogens is 1. The Morgan fingerprint density at radius 1 is 1.33 bits per heavy atom. The van der Waals surface area contributed by atoms with Crippen LogP contribution in [-0.4, -0.2) is 57.8 Å². The van der Waals surface area contributed by atoms with E-state index < -0.39 is 21.7 Å². The van der Waals surface area contributed by atoms with E-state index in [2.05, 4.69) is 0 Å². The molecule has 1 atom stereocenters. The first-order valence-corrected chi connectivity index (χ1v) is 9.97.